The van der Waals surface area contributed by atoms with E-state index in [-0.39, 0.29) is 12.3 Å². The number of ether oxygens (including phenoxy) is 2. The maximum Gasteiger partial charge on any atom is 0.360 e. The van der Waals surface area contributed by atoms with Crippen molar-refractivity contribution in [3.63, 3.8) is 0 Å². The van der Waals surface area contributed by atoms with Crippen molar-refractivity contribution in [2.75, 3.05) is 13.7 Å². The van der Waals surface area contributed by atoms with Gasteiger partial charge in [-0.05, 0) is 55.3 Å². The lowest BCUT2D eigenvalue weighted by Gasteiger charge is -2.10. The molecule has 0 fully saturated rings. The van der Waals surface area contributed by atoms with Crippen LogP contribution >= 0.6 is 23.4 Å². The van der Waals surface area contributed by atoms with Gasteiger partial charge in [-0.3, -0.25) is 0 Å². The molecule has 2 aromatic carbocycles. The van der Waals surface area contributed by atoms with Crippen LogP contribution in [-0.4, -0.2) is 39.5 Å². The molecule has 0 atom stereocenters. The van der Waals surface area contributed by atoms with Gasteiger partial charge in [-0.15, -0.1) is 22.0 Å². The first-order chi connectivity index (χ1) is 16.0. The number of thioether (sulfide) groups is 1. The molecule has 0 bridgehead atoms. The number of aryl methyl sites for hydroxylation is 1. The molecule has 170 valence electrons. The van der Waals surface area contributed by atoms with Gasteiger partial charge in [0.25, 0.3) is 0 Å². The van der Waals surface area contributed by atoms with Crippen LogP contribution in [-0.2, 0) is 16.9 Å². The molecule has 0 aliphatic rings. The van der Waals surface area contributed by atoms with E-state index < -0.39 is 5.97 Å². The Morgan fingerprint density at radius 3 is 2.42 bits per heavy atom. The van der Waals surface area contributed by atoms with E-state index in [1.165, 1.54) is 0 Å². The lowest BCUT2D eigenvalue weighted by atomic mass is 10.0. The van der Waals surface area contributed by atoms with E-state index in [9.17, 15) is 4.79 Å². The quantitative estimate of drug-likeness (QED) is 0.243. The Morgan fingerprint density at radius 2 is 1.79 bits per heavy atom. The van der Waals surface area contributed by atoms with E-state index in [1.807, 2.05) is 55.5 Å². The van der Waals surface area contributed by atoms with Crippen molar-refractivity contribution in [2.24, 2.45) is 0 Å². The second-order valence-corrected chi connectivity index (χ2v) is 8.58. The van der Waals surface area contributed by atoms with Crippen molar-refractivity contribution in [3.8, 4) is 16.9 Å². The van der Waals surface area contributed by atoms with Crippen molar-refractivity contribution in [3.05, 3.63) is 70.6 Å². The number of esters is 1. The number of hydrogen-bond acceptors (Lipinski definition) is 7. The van der Waals surface area contributed by atoms with Crippen LogP contribution in [0.2, 0.25) is 5.02 Å². The average Bonchev–Trinajstić information content (AvgIpc) is 3.22. The Kier molecular flexibility index (Phi) is 7.15. The minimum absolute atomic E-state index is 0.164. The van der Waals surface area contributed by atoms with Crippen LogP contribution < -0.4 is 4.74 Å². The Labute approximate surface area is 201 Å². The molecule has 4 aromatic rings. The fraction of sp³-hybridized carbons (Fsp3) is 0.250. The van der Waals surface area contributed by atoms with Gasteiger partial charge in [0.2, 0.25) is 0 Å². The van der Waals surface area contributed by atoms with Crippen molar-refractivity contribution in [1.29, 1.82) is 0 Å². The molecule has 2 aromatic heterocycles. The molecule has 4 rings (SSSR count). The second kappa shape index (κ2) is 10.2. The molecular weight excluding hydrogens is 460 g/mol. The number of benzene rings is 2. The molecule has 7 nitrogen and oxygen atoms in total. The molecule has 0 radical (unpaired) electrons. The lowest BCUT2D eigenvalue weighted by molar-refractivity contribution is 0.0516. The summed E-state index contributed by atoms with van der Waals surface area (Å²) in [7, 11) is 1.63. The van der Waals surface area contributed by atoms with Gasteiger partial charge in [-0.25, -0.2) is 9.31 Å². The topological polar surface area (TPSA) is 78.6 Å². The third-order valence-electron chi connectivity index (χ3n) is 5.08. The van der Waals surface area contributed by atoms with E-state index >= 15 is 0 Å². The molecule has 0 aliphatic carbocycles. The van der Waals surface area contributed by atoms with Crippen molar-refractivity contribution in [2.45, 2.75) is 30.9 Å². The van der Waals surface area contributed by atoms with Gasteiger partial charge in [-0.1, -0.05) is 30.7 Å². The van der Waals surface area contributed by atoms with Gasteiger partial charge in [0.05, 0.1) is 30.7 Å². The number of methoxy groups -OCH3 is 1. The molecule has 0 unspecified atom stereocenters. The van der Waals surface area contributed by atoms with E-state index in [0.29, 0.717) is 28.5 Å². The number of carbonyl (C=O) groups excluding carboxylic acids is 1. The molecule has 0 N–H and O–H groups in total. The van der Waals surface area contributed by atoms with Crippen LogP contribution in [0.5, 0.6) is 5.75 Å². The Morgan fingerprint density at radius 1 is 1.06 bits per heavy atom. The molecular formula is C24H23ClN4O3S. The summed E-state index contributed by atoms with van der Waals surface area (Å²) in [6.45, 7) is 4.05. The van der Waals surface area contributed by atoms with Crippen LogP contribution in [0.15, 0.2) is 53.4 Å². The van der Waals surface area contributed by atoms with Crippen LogP contribution in [0.1, 0.15) is 35.7 Å². The summed E-state index contributed by atoms with van der Waals surface area (Å²) in [5.41, 5.74) is 4.10. The van der Waals surface area contributed by atoms with Crippen molar-refractivity contribution < 1.29 is 14.3 Å². The maximum atomic E-state index is 12.7. The number of nitrogens with zero attached hydrogens (tertiary/aromatic N) is 4. The zero-order valence-electron chi connectivity index (χ0n) is 18.5. The first-order valence-corrected chi connectivity index (χ1v) is 11.9. The summed E-state index contributed by atoms with van der Waals surface area (Å²) in [5.74, 6) is 0.705. The Hall–Kier alpha value is -3.10. The van der Waals surface area contributed by atoms with Gasteiger partial charge in [0.1, 0.15) is 5.75 Å². The monoisotopic (exact) mass is 482 g/mol. The second-order valence-electron chi connectivity index (χ2n) is 7.10. The van der Waals surface area contributed by atoms with Gasteiger partial charge in [0.15, 0.2) is 11.3 Å². The smallest absolute Gasteiger partial charge is 0.360 e. The third kappa shape index (κ3) is 4.82. The fourth-order valence-corrected chi connectivity index (χ4v) is 4.48. The molecule has 0 aliphatic heterocycles. The zero-order chi connectivity index (χ0) is 23.4. The number of rotatable bonds is 8. The largest absolute Gasteiger partial charge is 0.497 e. The highest BCUT2D eigenvalue weighted by Crippen LogP contribution is 2.32. The summed E-state index contributed by atoms with van der Waals surface area (Å²) in [6, 6.07) is 15.3. The van der Waals surface area contributed by atoms with Gasteiger partial charge in [0, 0.05) is 15.7 Å². The van der Waals surface area contributed by atoms with E-state index in [2.05, 4.69) is 10.2 Å². The maximum absolute atomic E-state index is 12.7. The summed E-state index contributed by atoms with van der Waals surface area (Å²) in [5, 5.41) is 14.2. The molecule has 2 heterocycles. The molecule has 9 heteroatoms. The van der Waals surface area contributed by atoms with Crippen LogP contribution in [0.3, 0.4) is 0 Å². The first-order valence-electron chi connectivity index (χ1n) is 10.5. The lowest BCUT2D eigenvalue weighted by Crippen LogP contribution is -2.16. The normalized spacial score (nSPS) is 11.0. The standard InChI is InChI=1S/C24H23ClN4O3S/c1-4-19-21(15-6-10-17(31-3)11-7-15)23-27-26-22(24(30)32-5-2)20(29(23)28-19)14-33-18-12-8-16(25)9-13-18/h6-13H,4-5,14H2,1-3H3. The van der Waals surface area contributed by atoms with Crippen LogP contribution in [0.25, 0.3) is 16.8 Å². The highest BCUT2D eigenvalue weighted by molar-refractivity contribution is 7.98. The van der Waals surface area contributed by atoms with E-state index in [1.54, 1.807) is 30.3 Å². The highest BCUT2D eigenvalue weighted by atomic mass is 35.5. The fourth-order valence-electron chi connectivity index (χ4n) is 3.46. The summed E-state index contributed by atoms with van der Waals surface area (Å²) in [6.07, 6.45) is 0.698. The Bertz CT molecular complexity index is 1270. The average molecular weight is 483 g/mol. The molecule has 0 spiro atoms. The molecule has 0 saturated heterocycles. The SMILES string of the molecule is CCOC(=O)c1nnc2c(-c3ccc(OC)cc3)c(CC)nn2c1CSc1ccc(Cl)cc1. The predicted molar refractivity (Wildman–Crippen MR) is 129 cm³/mol. The Balaban J connectivity index is 1.84. The zero-order valence-corrected chi connectivity index (χ0v) is 20.1. The number of aromatic nitrogens is 4. The number of halogens is 1. The summed E-state index contributed by atoms with van der Waals surface area (Å²) in [4.78, 5) is 13.7. The minimum atomic E-state index is -0.516. The van der Waals surface area contributed by atoms with Crippen molar-refractivity contribution >= 4 is 35.0 Å². The number of fused-ring (bicyclic) bond motifs is 1. The summed E-state index contributed by atoms with van der Waals surface area (Å²) >= 11 is 7.57. The summed E-state index contributed by atoms with van der Waals surface area (Å²) < 4.78 is 12.2. The van der Waals surface area contributed by atoms with E-state index in [4.69, 9.17) is 26.2 Å². The van der Waals surface area contributed by atoms with Crippen LogP contribution in [0.4, 0.5) is 0 Å². The van der Waals surface area contributed by atoms with Gasteiger partial charge < -0.3 is 9.47 Å². The van der Waals surface area contributed by atoms with Crippen LogP contribution in [0, 0.1) is 0 Å². The predicted octanol–water partition coefficient (Wildman–Crippen LogP) is 5.48. The first kappa shape index (κ1) is 23.1. The molecule has 0 amide bonds. The molecule has 0 saturated carbocycles. The molecule has 33 heavy (non-hydrogen) atoms. The van der Waals surface area contributed by atoms with Gasteiger partial charge >= 0.3 is 5.97 Å². The highest BCUT2D eigenvalue weighted by Gasteiger charge is 2.24. The number of hydrogen-bond donors (Lipinski definition) is 0. The van der Waals surface area contributed by atoms with Gasteiger partial charge in [-0.2, -0.15) is 5.10 Å². The third-order valence-corrected chi connectivity index (χ3v) is 6.35. The number of carbonyl (C=O) groups is 1. The minimum Gasteiger partial charge on any atom is -0.497 e. The van der Waals surface area contributed by atoms with Crippen molar-refractivity contribution in [1.82, 2.24) is 19.8 Å². The van der Waals surface area contributed by atoms with E-state index in [0.717, 1.165) is 27.5 Å².